The van der Waals surface area contributed by atoms with Crippen LogP contribution in [0.4, 0.5) is 5.82 Å². The summed E-state index contributed by atoms with van der Waals surface area (Å²) in [6, 6.07) is 12.0. The molecule has 0 N–H and O–H groups in total. The molecule has 4 heterocycles. The molecule has 0 bridgehead atoms. The Bertz CT molecular complexity index is 1230. The number of piperazine rings is 1. The number of anilines is 1. The number of rotatable bonds is 3. The summed E-state index contributed by atoms with van der Waals surface area (Å²) < 4.78 is 1.77. The minimum absolute atomic E-state index is 0.00531. The van der Waals surface area contributed by atoms with E-state index in [-0.39, 0.29) is 5.91 Å². The van der Waals surface area contributed by atoms with E-state index in [9.17, 15) is 4.79 Å². The van der Waals surface area contributed by atoms with E-state index in [1.165, 1.54) is 4.88 Å². The molecule has 31 heavy (non-hydrogen) atoms. The van der Waals surface area contributed by atoms with Crippen LogP contribution < -0.4 is 4.90 Å². The first kappa shape index (κ1) is 19.7. The highest BCUT2D eigenvalue weighted by Crippen LogP contribution is 2.28. The molecule has 0 saturated carbocycles. The van der Waals surface area contributed by atoms with E-state index in [0.717, 1.165) is 46.1 Å². The van der Waals surface area contributed by atoms with Crippen molar-refractivity contribution in [2.45, 2.75) is 13.8 Å². The SMILES string of the molecule is Cc1nc(-c2ccc(N3CCN(C(=O)c4nn(C)c5ccccc45)CC3)nc2)sc1C. The van der Waals surface area contributed by atoms with Crippen molar-refractivity contribution in [2.75, 3.05) is 31.1 Å². The Labute approximate surface area is 185 Å². The minimum Gasteiger partial charge on any atom is -0.353 e. The maximum Gasteiger partial charge on any atom is 0.275 e. The van der Waals surface area contributed by atoms with E-state index in [2.05, 4.69) is 33.0 Å². The molecule has 0 spiro atoms. The highest BCUT2D eigenvalue weighted by atomic mass is 32.1. The summed E-state index contributed by atoms with van der Waals surface area (Å²) in [5, 5.41) is 6.39. The van der Waals surface area contributed by atoms with E-state index in [1.54, 1.807) is 16.0 Å². The smallest absolute Gasteiger partial charge is 0.275 e. The zero-order chi connectivity index (χ0) is 21.5. The van der Waals surface area contributed by atoms with E-state index >= 15 is 0 Å². The number of hydrogen-bond acceptors (Lipinski definition) is 6. The maximum atomic E-state index is 13.1. The predicted octanol–water partition coefficient (Wildman–Crippen LogP) is 3.67. The van der Waals surface area contributed by atoms with Gasteiger partial charge in [0.1, 0.15) is 10.8 Å². The number of amides is 1. The van der Waals surface area contributed by atoms with Crippen molar-refractivity contribution >= 4 is 34.0 Å². The lowest BCUT2D eigenvalue weighted by Gasteiger charge is -2.35. The monoisotopic (exact) mass is 432 g/mol. The number of carbonyl (C=O) groups excluding carboxylic acids is 1. The van der Waals surface area contributed by atoms with E-state index in [4.69, 9.17) is 0 Å². The molecule has 3 aromatic heterocycles. The van der Waals surface area contributed by atoms with Crippen LogP contribution in [-0.2, 0) is 7.05 Å². The topological polar surface area (TPSA) is 67.2 Å². The summed E-state index contributed by atoms with van der Waals surface area (Å²) in [6.07, 6.45) is 1.89. The number of benzene rings is 1. The van der Waals surface area contributed by atoms with Crippen LogP contribution in [0.2, 0.25) is 0 Å². The first-order valence-electron chi connectivity index (χ1n) is 10.4. The number of aryl methyl sites for hydroxylation is 3. The van der Waals surface area contributed by atoms with Crippen LogP contribution in [0, 0.1) is 13.8 Å². The molecule has 1 aromatic carbocycles. The highest BCUT2D eigenvalue weighted by molar-refractivity contribution is 7.15. The van der Waals surface area contributed by atoms with Gasteiger partial charge >= 0.3 is 0 Å². The molecule has 1 fully saturated rings. The van der Waals surface area contributed by atoms with Crippen molar-refractivity contribution in [1.82, 2.24) is 24.6 Å². The van der Waals surface area contributed by atoms with Crippen LogP contribution in [0.1, 0.15) is 21.1 Å². The zero-order valence-electron chi connectivity index (χ0n) is 17.9. The van der Waals surface area contributed by atoms with Crippen LogP contribution in [-0.4, -0.2) is 56.7 Å². The molecule has 0 atom stereocenters. The molecule has 1 aliphatic heterocycles. The molecule has 1 saturated heterocycles. The third kappa shape index (κ3) is 3.57. The number of pyridine rings is 1. The summed E-state index contributed by atoms with van der Waals surface area (Å²) in [5.41, 5.74) is 3.62. The van der Waals surface area contributed by atoms with Gasteiger partial charge in [-0.15, -0.1) is 11.3 Å². The Morgan fingerprint density at radius 2 is 1.81 bits per heavy atom. The first-order valence-corrected chi connectivity index (χ1v) is 11.2. The maximum absolute atomic E-state index is 13.1. The fraction of sp³-hybridized carbons (Fsp3) is 0.304. The Balaban J connectivity index is 1.27. The van der Waals surface area contributed by atoms with Crippen molar-refractivity contribution in [3.05, 3.63) is 58.9 Å². The molecule has 5 rings (SSSR count). The number of aromatic nitrogens is 4. The molecule has 8 heteroatoms. The fourth-order valence-corrected chi connectivity index (χ4v) is 4.86. The second kappa shape index (κ2) is 7.77. The second-order valence-electron chi connectivity index (χ2n) is 7.83. The van der Waals surface area contributed by atoms with Gasteiger partial charge in [0, 0.05) is 55.3 Å². The highest BCUT2D eigenvalue weighted by Gasteiger charge is 2.26. The lowest BCUT2D eigenvalue weighted by Crippen LogP contribution is -2.49. The number of hydrogen-bond donors (Lipinski definition) is 0. The summed E-state index contributed by atoms with van der Waals surface area (Å²) >= 11 is 1.70. The minimum atomic E-state index is -0.00531. The lowest BCUT2D eigenvalue weighted by molar-refractivity contribution is 0.0741. The Kier molecular flexibility index (Phi) is 4.94. The van der Waals surface area contributed by atoms with Crippen LogP contribution in [0.15, 0.2) is 42.6 Å². The molecule has 0 aliphatic carbocycles. The van der Waals surface area contributed by atoms with Gasteiger partial charge in [0.2, 0.25) is 0 Å². The number of fused-ring (bicyclic) bond motifs is 1. The van der Waals surface area contributed by atoms with Gasteiger partial charge in [-0.05, 0) is 32.0 Å². The number of thiazole rings is 1. The molecule has 0 unspecified atom stereocenters. The van der Waals surface area contributed by atoms with Crippen molar-refractivity contribution < 1.29 is 4.79 Å². The standard InChI is InChI=1S/C23H24N6OS/c1-15-16(2)31-22(25-15)17-8-9-20(24-14-17)28-10-12-29(13-11-28)23(30)21-18-6-4-5-7-19(18)27(3)26-21/h4-9,14H,10-13H2,1-3H3. The van der Waals surface area contributed by atoms with Gasteiger partial charge < -0.3 is 9.80 Å². The van der Waals surface area contributed by atoms with Gasteiger partial charge in [0.25, 0.3) is 5.91 Å². The number of carbonyl (C=O) groups is 1. The Hall–Kier alpha value is -3.26. The molecule has 7 nitrogen and oxygen atoms in total. The molecule has 1 amide bonds. The van der Waals surface area contributed by atoms with Crippen molar-refractivity contribution in [3.8, 4) is 10.6 Å². The molecule has 4 aromatic rings. The molecule has 0 radical (unpaired) electrons. The summed E-state index contributed by atoms with van der Waals surface area (Å²) in [7, 11) is 1.88. The predicted molar refractivity (Wildman–Crippen MR) is 124 cm³/mol. The second-order valence-corrected chi connectivity index (χ2v) is 9.04. The quantitative estimate of drug-likeness (QED) is 0.494. The van der Waals surface area contributed by atoms with E-state index < -0.39 is 0 Å². The summed E-state index contributed by atoms with van der Waals surface area (Å²) in [4.78, 5) is 27.7. The van der Waals surface area contributed by atoms with Gasteiger partial charge in [-0.3, -0.25) is 9.48 Å². The van der Waals surface area contributed by atoms with Gasteiger partial charge in [-0.2, -0.15) is 5.10 Å². The fourth-order valence-electron chi connectivity index (χ4n) is 3.96. The molecular weight excluding hydrogens is 408 g/mol. The van der Waals surface area contributed by atoms with Crippen molar-refractivity contribution in [1.29, 1.82) is 0 Å². The summed E-state index contributed by atoms with van der Waals surface area (Å²) in [6.45, 7) is 6.92. The first-order chi connectivity index (χ1) is 15.0. The normalized spacial score (nSPS) is 14.4. The van der Waals surface area contributed by atoms with Crippen LogP contribution in [0.5, 0.6) is 0 Å². The average molecular weight is 433 g/mol. The largest absolute Gasteiger partial charge is 0.353 e. The van der Waals surface area contributed by atoms with Gasteiger partial charge in [-0.1, -0.05) is 18.2 Å². The van der Waals surface area contributed by atoms with Crippen LogP contribution >= 0.6 is 11.3 Å². The third-order valence-electron chi connectivity index (χ3n) is 5.87. The molecular formula is C23H24N6OS. The van der Waals surface area contributed by atoms with Crippen molar-refractivity contribution in [2.24, 2.45) is 7.05 Å². The van der Waals surface area contributed by atoms with Crippen LogP contribution in [0.25, 0.3) is 21.5 Å². The zero-order valence-corrected chi connectivity index (χ0v) is 18.7. The average Bonchev–Trinajstić information content (AvgIpc) is 3.33. The third-order valence-corrected chi connectivity index (χ3v) is 7.00. The van der Waals surface area contributed by atoms with Gasteiger partial charge in [0.05, 0.1) is 11.2 Å². The van der Waals surface area contributed by atoms with Gasteiger partial charge in [-0.25, -0.2) is 9.97 Å². The lowest BCUT2D eigenvalue weighted by atomic mass is 10.2. The summed E-state index contributed by atoms with van der Waals surface area (Å²) in [5.74, 6) is 0.929. The van der Waals surface area contributed by atoms with E-state index in [1.807, 2.05) is 55.4 Å². The Morgan fingerprint density at radius 1 is 1.03 bits per heavy atom. The Morgan fingerprint density at radius 3 is 2.48 bits per heavy atom. The molecule has 158 valence electrons. The van der Waals surface area contributed by atoms with E-state index in [0.29, 0.717) is 18.8 Å². The molecule has 1 aliphatic rings. The van der Waals surface area contributed by atoms with Crippen LogP contribution in [0.3, 0.4) is 0 Å². The van der Waals surface area contributed by atoms with Gasteiger partial charge in [0.15, 0.2) is 5.69 Å². The number of para-hydroxylation sites is 1. The van der Waals surface area contributed by atoms with Crippen molar-refractivity contribution in [3.63, 3.8) is 0 Å². The number of nitrogens with zero attached hydrogens (tertiary/aromatic N) is 6.